The van der Waals surface area contributed by atoms with Crippen LogP contribution >= 0.6 is 11.6 Å². The fraction of sp³-hybridized carbons (Fsp3) is 0.533. The van der Waals surface area contributed by atoms with Crippen LogP contribution in [0.5, 0.6) is 0 Å². The highest BCUT2D eigenvalue weighted by atomic mass is 35.5. The number of halogens is 1. The molecule has 0 radical (unpaired) electrons. The van der Waals surface area contributed by atoms with Crippen molar-refractivity contribution in [2.24, 2.45) is 11.8 Å². The lowest BCUT2D eigenvalue weighted by molar-refractivity contribution is -0.139. The van der Waals surface area contributed by atoms with Gasteiger partial charge in [0.15, 0.2) is 0 Å². The first kappa shape index (κ1) is 14.2. The Hall–Kier alpha value is -1.22. The van der Waals surface area contributed by atoms with Crippen molar-refractivity contribution in [2.75, 3.05) is 5.32 Å². The molecule has 1 aliphatic rings. The van der Waals surface area contributed by atoms with Crippen molar-refractivity contribution in [3.05, 3.63) is 29.3 Å². The van der Waals surface area contributed by atoms with Crippen molar-refractivity contribution >= 4 is 23.3 Å². The van der Waals surface area contributed by atoms with Crippen molar-refractivity contribution in [1.29, 1.82) is 0 Å². The largest absolute Gasteiger partial charge is 0.480 e. The fourth-order valence-corrected chi connectivity index (χ4v) is 2.85. The lowest BCUT2D eigenvalue weighted by atomic mass is 9.79. The average molecular weight is 282 g/mol. The van der Waals surface area contributed by atoms with Gasteiger partial charge in [0.05, 0.1) is 0 Å². The number of carboxylic acid groups (broad SMARTS) is 1. The van der Waals surface area contributed by atoms with Gasteiger partial charge in [-0.3, -0.25) is 0 Å². The zero-order valence-electron chi connectivity index (χ0n) is 11.1. The van der Waals surface area contributed by atoms with Crippen molar-refractivity contribution in [3.8, 4) is 0 Å². The molecule has 1 aromatic carbocycles. The van der Waals surface area contributed by atoms with Crippen molar-refractivity contribution in [1.82, 2.24) is 0 Å². The molecule has 1 atom stereocenters. The fourth-order valence-electron chi connectivity index (χ4n) is 2.73. The van der Waals surface area contributed by atoms with Gasteiger partial charge < -0.3 is 10.4 Å². The van der Waals surface area contributed by atoms with E-state index in [2.05, 4.69) is 12.2 Å². The summed E-state index contributed by atoms with van der Waals surface area (Å²) in [6.07, 6.45) is 4.21. The number of hydrogen-bond donors (Lipinski definition) is 2. The quantitative estimate of drug-likeness (QED) is 0.876. The average Bonchev–Trinajstić information content (AvgIpc) is 2.39. The van der Waals surface area contributed by atoms with Crippen molar-refractivity contribution in [3.63, 3.8) is 0 Å². The van der Waals surface area contributed by atoms with Gasteiger partial charge in [-0.25, -0.2) is 4.79 Å². The van der Waals surface area contributed by atoms with Crippen LogP contribution in [0.2, 0.25) is 5.02 Å². The first-order valence-electron chi connectivity index (χ1n) is 6.81. The number of rotatable bonds is 4. The number of aliphatic carboxylic acids is 1. The summed E-state index contributed by atoms with van der Waals surface area (Å²) in [4.78, 5) is 11.5. The molecule has 0 bridgehead atoms. The van der Waals surface area contributed by atoms with Gasteiger partial charge >= 0.3 is 5.97 Å². The first-order valence-corrected chi connectivity index (χ1v) is 7.19. The summed E-state index contributed by atoms with van der Waals surface area (Å²) >= 11 is 5.83. The molecule has 1 unspecified atom stereocenters. The highest BCUT2D eigenvalue weighted by Crippen LogP contribution is 2.32. The molecule has 0 amide bonds. The second-order valence-corrected chi connectivity index (χ2v) is 5.92. The maximum absolute atomic E-state index is 11.5. The Balaban J connectivity index is 2.04. The molecular weight excluding hydrogens is 262 g/mol. The molecule has 104 valence electrons. The molecule has 19 heavy (non-hydrogen) atoms. The van der Waals surface area contributed by atoms with Crippen LogP contribution in [0.3, 0.4) is 0 Å². The summed E-state index contributed by atoms with van der Waals surface area (Å²) in [6.45, 7) is 2.23. The summed E-state index contributed by atoms with van der Waals surface area (Å²) in [5.74, 6) is 0.167. The van der Waals surface area contributed by atoms with Crippen molar-refractivity contribution in [2.45, 2.75) is 38.6 Å². The molecule has 2 N–H and O–H groups in total. The van der Waals surface area contributed by atoms with Crippen LogP contribution in [-0.2, 0) is 4.79 Å². The third-order valence-electron chi connectivity index (χ3n) is 3.96. The minimum absolute atomic E-state index is 0.212. The molecule has 2 rings (SSSR count). The Labute approximate surface area is 119 Å². The van der Waals surface area contributed by atoms with E-state index in [1.54, 1.807) is 12.1 Å². The molecule has 1 aromatic rings. The third-order valence-corrected chi connectivity index (χ3v) is 4.22. The van der Waals surface area contributed by atoms with Crippen LogP contribution in [-0.4, -0.2) is 17.1 Å². The standard InChI is InChI=1S/C15H20ClNO2/c1-10-2-4-11(5-3-10)14(15(18)19)17-13-8-6-12(16)7-9-13/h6-11,14,17H,2-5H2,1H3,(H,18,19). The second kappa shape index (κ2) is 6.29. The van der Waals surface area contributed by atoms with Gasteiger partial charge in [0.2, 0.25) is 0 Å². The normalized spacial score (nSPS) is 24.7. The number of carboxylic acids is 1. The molecule has 1 saturated carbocycles. The molecule has 1 fully saturated rings. The minimum atomic E-state index is -0.769. The van der Waals surface area contributed by atoms with E-state index >= 15 is 0 Å². The van der Waals surface area contributed by atoms with E-state index in [0.29, 0.717) is 5.02 Å². The van der Waals surface area contributed by atoms with Gasteiger partial charge in [0.1, 0.15) is 6.04 Å². The van der Waals surface area contributed by atoms with Gasteiger partial charge in [-0.05, 0) is 48.9 Å². The van der Waals surface area contributed by atoms with Crippen LogP contribution in [0.25, 0.3) is 0 Å². The van der Waals surface area contributed by atoms with Gasteiger partial charge in [0, 0.05) is 10.7 Å². The smallest absolute Gasteiger partial charge is 0.326 e. The molecule has 0 saturated heterocycles. The molecule has 0 aliphatic heterocycles. The topological polar surface area (TPSA) is 49.3 Å². The Morgan fingerprint density at radius 3 is 2.37 bits per heavy atom. The van der Waals surface area contributed by atoms with Gasteiger partial charge in [0.25, 0.3) is 0 Å². The Morgan fingerprint density at radius 1 is 1.26 bits per heavy atom. The molecule has 0 spiro atoms. The van der Waals surface area contributed by atoms with E-state index in [4.69, 9.17) is 11.6 Å². The highest BCUT2D eigenvalue weighted by Gasteiger charge is 2.30. The van der Waals surface area contributed by atoms with E-state index in [1.165, 1.54) is 0 Å². The molecule has 1 aliphatic carbocycles. The van der Waals surface area contributed by atoms with Gasteiger partial charge in [-0.2, -0.15) is 0 Å². The van der Waals surface area contributed by atoms with Crippen LogP contribution in [0.1, 0.15) is 32.6 Å². The molecule has 3 nitrogen and oxygen atoms in total. The summed E-state index contributed by atoms with van der Waals surface area (Å²) in [5.41, 5.74) is 0.815. The molecule has 4 heteroatoms. The molecule has 0 aromatic heterocycles. The van der Waals surface area contributed by atoms with Crippen LogP contribution in [0, 0.1) is 11.8 Å². The molecule has 0 heterocycles. The van der Waals surface area contributed by atoms with Gasteiger partial charge in [-0.15, -0.1) is 0 Å². The Bertz CT molecular complexity index is 424. The first-order chi connectivity index (χ1) is 9.06. The van der Waals surface area contributed by atoms with Crippen LogP contribution in [0.4, 0.5) is 5.69 Å². The minimum Gasteiger partial charge on any atom is -0.480 e. The lowest BCUT2D eigenvalue weighted by Gasteiger charge is -2.31. The number of anilines is 1. The Morgan fingerprint density at radius 2 is 1.84 bits per heavy atom. The van der Waals surface area contributed by atoms with E-state index in [1.807, 2.05) is 12.1 Å². The van der Waals surface area contributed by atoms with Crippen molar-refractivity contribution < 1.29 is 9.90 Å². The van der Waals surface area contributed by atoms with Gasteiger partial charge in [-0.1, -0.05) is 31.4 Å². The van der Waals surface area contributed by atoms with E-state index in [9.17, 15) is 9.90 Å². The number of benzene rings is 1. The summed E-state index contributed by atoms with van der Waals surface area (Å²) in [7, 11) is 0. The zero-order chi connectivity index (χ0) is 13.8. The maximum atomic E-state index is 11.5. The number of nitrogens with one attached hydrogen (secondary N) is 1. The summed E-state index contributed by atoms with van der Waals surface area (Å²) < 4.78 is 0. The highest BCUT2D eigenvalue weighted by molar-refractivity contribution is 6.30. The monoisotopic (exact) mass is 281 g/mol. The second-order valence-electron chi connectivity index (χ2n) is 5.49. The SMILES string of the molecule is CC1CCC(C(Nc2ccc(Cl)cc2)C(=O)O)CC1. The predicted molar refractivity (Wildman–Crippen MR) is 77.6 cm³/mol. The van der Waals surface area contributed by atoms with E-state index in [-0.39, 0.29) is 5.92 Å². The van der Waals surface area contributed by atoms with E-state index < -0.39 is 12.0 Å². The Kier molecular flexibility index (Phi) is 4.70. The van der Waals surface area contributed by atoms with Crippen LogP contribution < -0.4 is 5.32 Å². The third kappa shape index (κ3) is 3.87. The maximum Gasteiger partial charge on any atom is 0.326 e. The summed E-state index contributed by atoms with van der Waals surface area (Å²) in [5, 5.41) is 13.2. The van der Waals surface area contributed by atoms with E-state index in [0.717, 1.165) is 37.3 Å². The predicted octanol–water partition coefficient (Wildman–Crippen LogP) is 4.03. The number of hydrogen-bond acceptors (Lipinski definition) is 2. The zero-order valence-corrected chi connectivity index (χ0v) is 11.9. The summed E-state index contributed by atoms with van der Waals surface area (Å²) in [6, 6.07) is 6.68. The van der Waals surface area contributed by atoms with Crippen LogP contribution in [0.15, 0.2) is 24.3 Å². The number of carbonyl (C=O) groups is 1. The molecular formula is C15H20ClNO2. The lowest BCUT2D eigenvalue weighted by Crippen LogP contribution is -2.38.